The highest BCUT2D eigenvalue weighted by molar-refractivity contribution is 5.91. The van der Waals surface area contributed by atoms with Crippen molar-refractivity contribution >= 4 is 11.6 Å². The lowest BCUT2D eigenvalue weighted by Gasteiger charge is -2.08. The number of ether oxygens (including phenoxy) is 2. The molecule has 110 valence electrons. The van der Waals surface area contributed by atoms with E-state index in [2.05, 4.69) is 15.3 Å². The average Bonchev–Trinajstić information content (AvgIpc) is 2.37. The van der Waals surface area contributed by atoms with Crippen LogP contribution in [0.4, 0.5) is 5.69 Å². The number of carbonyl (C=O) groups excluding carboxylic acids is 1. The van der Waals surface area contributed by atoms with Gasteiger partial charge in [-0.15, -0.1) is 0 Å². The molecule has 1 heterocycles. The molecule has 2 rings (SSSR count). The Balaban J connectivity index is 2.12. The largest absolute Gasteiger partial charge is 0.424 e. The lowest BCUT2D eigenvalue weighted by molar-refractivity contribution is -0.119. The molecule has 2 aromatic rings. The number of amides is 1. The number of aromatic nitrogens is 2. The number of hydrogen-bond acceptors (Lipinski definition) is 5. The van der Waals surface area contributed by atoms with Gasteiger partial charge in [-0.2, -0.15) is 0 Å². The first-order chi connectivity index (χ1) is 10.1. The quantitative estimate of drug-likeness (QED) is 0.914. The fourth-order valence-electron chi connectivity index (χ4n) is 1.81. The lowest BCUT2D eigenvalue weighted by atomic mass is 10.3. The van der Waals surface area contributed by atoms with Crippen molar-refractivity contribution in [2.45, 2.75) is 13.8 Å². The molecule has 0 atom stereocenters. The molecule has 1 amide bonds. The van der Waals surface area contributed by atoms with Crippen molar-refractivity contribution in [1.82, 2.24) is 9.97 Å². The molecule has 6 nitrogen and oxygen atoms in total. The van der Waals surface area contributed by atoms with Crippen LogP contribution in [0.2, 0.25) is 0 Å². The molecule has 0 aliphatic carbocycles. The van der Waals surface area contributed by atoms with Gasteiger partial charge < -0.3 is 14.8 Å². The van der Waals surface area contributed by atoms with Crippen molar-refractivity contribution in [2.24, 2.45) is 0 Å². The van der Waals surface area contributed by atoms with Crippen LogP contribution in [0.25, 0.3) is 0 Å². The molecular formula is C15H17N3O3. The minimum absolute atomic E-state index is 0.00523. The van der Waals surface area contributed by atoms with Crippen LogP contribution >= 0.6 is 0 Å². The molecular weight excluding hydrogens is 270 g/mol. The highest BCUT2D eigenvalue weighted by Gasteiger charge is 2.05. The number of hydrogen-bond donors (Lipinski definition) is 1. The zero-order chi connectivity index (χ0) is 15.2. The summed E-state index contributed by atoms with van der Waals surface area (Å²) in [6.45, 7) is 3.76. The van der Waals surface area contributed by atoms with Gasteiger partial charge in [-0.1, -0.05) is 6.07 Å². The molecule has 0 aliphatic heterocycles. The van der Waals surface area contributed by atoms with E-state index in [9.17, 15) is 4.79 Å². The molecule has 1 N–H and O–H groups in total. The van der Waals surface area contributed by atoms with Crippen LogP contribution < -0.4 is 10.1 Å². The number of rotatable bonds is 5. The van der Waals surface area contributed by atoms with Crippen LogP contribution in [0, 0.1) is 13.8 Å². The van der Waals surface area contributed by atoms with Crippen molar-refractivity contribution in [1.29, 1.82) is 0 Å². The minimum Gasteiger partial charge on any atom is -0.424 e. The Morgan fingerprint density at radius 2 is 1.90 bits per heavy atom. The summed E-state index contributed by atoms with van der Waals surface area (Å²) < 4.78 is 10.4. The van der Waals surface area contributed by atoms with Gasteiger partial charge in [-0.05, 0) is 32.0 Å². The van der Waals surface area contributed by atoms with Gasteiger partial charge in [0.25, 0.3) is 0 Å². The average molecular weight is 287 g/mol. The van der Waals surface area contributed by atoms with Crippen molar-refractivity contribution in [3.05, 3.63) is 41.7 Å². The first kappa shape index (κ1) is 14.9. The Morgan fingerprint density at radius 1 is 1.19 bits per heavy atom. The van der Waals surface area contributed by atoms with Gasteiger partial charge in [0.05, 0.1) is 0 Å². The number of nitrogens with one attached hydrogen (secondary N) is 1. The van der Waals surface area contributed by atoms with E-state index in [1.807, 2.05) is 19.9 Å². The molecule has 0 saturated heterocycles. The molecule has 0 aliphatic rings. The number of anilines is 1. The summed E-state index contributed by atoms with van der Waals surface area (Å²) in [5, 5.41) is 2.71. The zero-order valence-electron chi connectivity index (χ0n) is 12.2. The number of nitrogens with zero attached hydrogens (tertiary/aromatic N) is 2. The number of methoxy groups -OCH3 is 1. The van der Waals surface area contributed by atoms with E-state index < -0.39 is 0 Å². The number of carbonyl (C=O) groups is 1. The molecule has 0 fully saturated rings. The van der Waals surface area contributed by atoms with Gasteiger partial charge in [-0.3, -0.25) is 4.79 Å². The molecule has 6 heteroatoms. The Labute approximate surface area is 123 Å². The summed E-state index contributed by atoms with van der Waals surface area (Å²) in [6.07, 6.45) is 0. The zero-order valence-corrected chi connectivity index (χ0v) is 12.2. The molecule has 21 heavy (non-hydrogen) atoms. The summed E-state index contributed by atoms with van der Waals surface area (Å²) in [5.41, 5.74) is 2.29. The standard InChI is InChI=1S/C15H17N3O3/c1-10-7-11(2)17-15(16-10)21-13-6-4-5-12(8-13)18-14(19)9-20-3/h4-8H,9H2,1-3H3,(H,18,19). The molecule has 1 aromatic carbocycles. The fourth-order valence-corrected chi connectivity index (χ4v) is 1.81. The molecule has 0 bridgehead atoms. The Bertz CT molecular complexity index is 624. The predicted octanol–water partition coefficient (Wildman–Crippen LogP) is 2.47. The maximum Gasteiger partial charge on any atom is 0.322 e. The van der Waals surface area contributed by atoms with Crippen molar-refractivity contribution < 1.29 is 14.3 Å². The van der Waals surface area contributed by atoms with E-state index in [1.165, 1.54) is 7.11 Å². The highest BCUT2D eigenvalue weighted by Crippen LogP contribution is 2.22. The molecule has 0 saturated carbocycles. The van der Waals surface area contributed by atoms with Gasteiger partial charge in [0, 0.05) is 30.3 Å². The summed E-state index contributed by atoms with van der Waals surface area (Å²) in [7, 11) is 1.47. The second kappa shape index (κ2) is 6.81. The van der Waals surface area contributed by atoms with Crippen LogP contribution in [-0.4, -0.2) is 29.6 Å². The van der Waals surface area contributed by atoms with Crippen molar-refractivity contribution in [2.75, 3.05) is 19.0 Å². The van der Waals surface area contributed by atoms with Crippen LogP contribution in [-0.2, 0) is 9.53 Å². The second-order valence-electron chi connectivity index (χ2n) is 4.54. The van der Waals surface area contributed by atoms with Gasteiger partial charge in [0.2, 0.25) is 5.91 Å². The molecule has 0 radical (unpaired) electrons. The predicted molar refractivity (Wildman–Crippen MR) is 78.5 cm³/mol. The summed E-state index contributed by atoms with van der Waals surface area (Å²) in [4.78, 5) is 19.9. The molecule has 1 aromatic heterocycles. The Kier molecular flexibility index (Phi) is 4.84. The highest BCUT2D eigenvalue weighted by atomic mass is 16.5. The topological polar surface area (TPSA) is 73.3 Å². The van der Waals surface area contributed by atoms with Crippen LogP contribution in [0.15, 0.2) is 30.3 Å². The number of aryl methyl sites for hydroxylation is 2. The van der Waals surface area contributed by atoms with Crippen LogP contribution in [0.3, 0.4) is 0 Å². The monoisotopic (exact) mass is 287 g/mol. The maximum absolute atomic E-state index is 11.5. The van der Waals surface area contributed by atoms with E-state index in [0.717, 1.165) is 11.4 Å². The lowest BCUT2D eigenvalue weighted by Crippen LogP contribution is -2.16. The van der Waals surface area contributed by atoms with Gasteiger partial charge in [0.1, 0.15) is 12.4 Å². The summed E-state index contributed by atoms with van der Waals surface area (Å²) >= 11 is 0. The van der Waals surface area contributed by atoms with Gasteiger partial charge in [-0.25, -0.2) is 9.97 Å². The van der Waals surface area contributed by atoms with Crippen molar-refractivity contribution in [3.8, 4) is 11.8 Å². The van der Waals surface area contributed by atoms with Gasteiger partial charge in [0.15, 0.2) is 0 Å². The normalized spacial score (nSPS) is 10.2. The fraction of sp³-hybridized carbons (Fsp3) is 0.267. The molecule has 0 unspecified atom stereocenters. The third-order valence-corrected chi connectivity index (χ3v) is 2.56. The summed E-state index contributed by atoms with van der Waals surface area (Å²) in [5.74, 6) is 0.326. The first-order valence-corrected chi connectivity index (χ1v) is 6.46. The van der Waals surface area contributed by atoms with Crippen LogP contribution in [0.1, 0.15) is 11.4 Å². The second-order valence-corrected chi connectivity index (χ2v) is 4.54. The Hall–Kier alpha value is -2.47. The third-order valence-electron chi connectivity index (χ3n) is 2.56. The minimum atomic E-state index is -0.225. The van der Waals surface area contributed by atoms with E-state index in [1.54, 1.807) is 24.3 Å². The van der Waals surface area contributed by atoms with Gasteiger partial charge >= 0.3 is 6.01 Å². The van der Waals surface area contributed by atoms with E-state index >= 15 is 0 Å². The third kappa shape index (κ3) is 4.54. The Morgan fingerprint density at radius 3 is 2.57 bits per heavy atom. The SMILES string of the molecule is COCC(=O)Nc1cccc(Oc2nc(C)cc(C)n2)c1. The van der Waals surface area contributed by atoms with E-state index in [4.69, 9.17) is 9.47 Å². The van der Waals surface area contributed by atoms with E-state index in [-0.39, 0.29) is 18.5 Å². The maximum atomic E-state index is 11.5. The summed E-state index contributed by atoms with van der Waals surface area (Å²) in [6, 6.07) is 9.17. The number of benzene rings is 1. The smallest absolute Gasteiger partial charge is 0.322 e. The first-order valence-electron chi connectivity index (χ1n) is 6.46. The van der Waals surface area contributed by atoms with E-state index in [0.29, 0.717) is 11.4 Å². The van der Waals surface area contributed by atoms with Crippen molar-refractivity contribution in [3.63, 3.8) is 0 Å². The molecule has 0 spiro atoms. The van der Waals surface area contributed by atoms with Crippen LogP contribution in [0.5, 0.6) is 11.8 Å².